The highest BCUT2D eigenvalue weighted by molar-refractivity contribution is 5.98. The first-order chi connectivity index (χ1) is 19.3. The Labute approximate surface area is 238 Å². The van der Waals surface area contributed by atoms with Crippen LogP contribution in [0.2, 0.25) is 0 Å². The Morgan fingerprint density at radius 3 is 2.41 bits per heavy atom. The minimum atomic E-state index is -4.40. The van der Waals surface area contributed by atoms with E-state index in [1.54, 1.807) is 0 Å². The largest absolute Gasteiger partial charge is 0.493 e. The molecule has 0 bridgehead atoms. The standard InChI is InChI=1S/C30H37F3N2O6/c1-17(2)15-23-18(3)40-29(38)24(35-28(37)26-27(41-19(4)36)25(39-5)13-14-34-26)8-6-7-21(23)16-20-9-11-22(12-10-20)30(31,32)33/h9-14,17-18,21,23-24H,6-8,15-16H2,1-5H3,(H,35,37). The fourth-order valence-corrected chi connectivity index (χ4v) is 5.32. The molecule has 0 spiro atoms. The number of carbonyl (C=O) groups excluding carboxylic acids is 3. The predicted molar refractivity (Wildman–Crippen MR) is 144 cm³/mol. The molecule has 4 atom stereocenters. The molecule has 0 saturated carbocycles. The van der Waals surface area contributed by atoms with Crippen LogP contribution < -0.4 is 14.8 Å². The molecule has 11 heteroatoms. The summed E-state index contributed by atoms with van der Waals surface area (Å²) in [6.45, 7) is 7.14. The minimum Gasteiger partial charge on any atom is -0.493 e. The predicted octanol–water partition coefficient (Wildman–Crippen LogP) is 5.77. The van der Waals surface area contributed by atoms with E-state index in [1.165, 1.54) is 38.4 Å². The van der Waals surface area contributed by atoms with E-state index in [0.29, 0.717) is 25.2 Å². The molecular weight excluding hydrogens is 541 g/mol. The van der Waals surface area contributed by atoms with E-state index in [0.717, 1.165) is 24.1 Å². The average Bonchev–Trinajstić information content (AvgIpc) is 2.93. The molecule has 41 heavy (non-hydrogen) atoms. The summed E-state index contributed by atoms with van der Waals surface area (Å²) in [6.07, 6.45) is -0.748. The lowest BCUT2D eigenvalue weighted by molar-refractivity contribution is -0.154. The third kappa shape index (κ3) is 8.68. The van der Waals surface area contributed by atoms with Gasteiger partial charge in [0.15, 0.2) is 11.4 Å². The Bertz CT molecular complexity index is 1220. The maximum atomic E-state index is 13.2. The van der Waals surface area contributed by atoms with Gasteiger partial charge in [0.25, 0.3) is 5.91 Å². The number of halogens is 3. The van der Waals surface area contributed by atoms with Crippen molar-refractivity contribution >= 4 is 17.8 Å². The van der Waals surface area contributed by atoms with E-state index < -0.39 is 41.7 Å². The third-order valence-corrected chi connectivity index (χ3v) is 7.24. The fraction of sp³-hybridized carbons (Fsp3) is 0.533. The molecule has 4 unspecified atom stereocenters. The number of carbonyl (C=O) groups is 3. The number of hydrogen-bond acceptors (Lipinski definition) is 7. The van der Waals surface area contributed by atoms with Crippen LogP contribution in [0.3, 0.4) is 0 Å². The molecule has 1 aliphatic rings. The number of benzene rings is 1. The zero-order valence-corrected chi connectivity index (χ0v) is 23.9. The van der Waals surface area contributed by atoms with Crippen molar-refractivity contribution in [3.8, 4) is 11.5 Å². The molecule has 1 aromatic carbocycles. The summed E-state index contributed by atoms with van der Waals surface area (Å²) >= 11 is 0. The van der Waals surface area contributed by atoms with Crippen LogP contribution in [0.15, 0.2) is 36.5 Å². The summed E-state index contributed by atoms with van der Waals surface area (Å²) in [5.41, 5.74) is -0.127. The number of hydrogen-bond donors (Lipinski definition) is 1. The van der Waals surface area contributed by atoms with Crippen molar-refractivity contribution in [2.24, 2.45) is 17.8 Å². The fourth-order valence-electron chi connectivity index (χ4n) is 5.32. The number of alkyl halides is 3. The van der Waals surface area contributed by atoms with Crippen LogP contribution in [-0.2, 0) is 26.9 Å². The van der Waals surface area contributed by atoms with Gasteiger partial charge in [0.2, 0.25) is 5.75 Å². The van der Waals surface area contributed by atoms with E-state index in [9.17, 15) is 27.6 Å². The number of rotatable bonds is 8. The summed E-state index contributed by atoms with van der Waals surface area (Å²) in [5.74, 6) is -1.70. The van der Waals surface area contributed by atoms with Crippen LogP contribution in [-0.4, -0.2) is 42.1 Å². The maximum absolute atomic E-state index is 13.2. The molecule has 224 valence electrons. The molecule has 1 amide bonds. The molecule has 1 N–H and O–H groups in total. The molecule has 8 nitrogen and oxygen atoms in total. The van der Waals surface area contributed by atoms with E-state index >= 15 is 0 Å². The Morgan fingerprint density at radius 2 is 1.83 bits per heavy atom. The number of aromatic nitrogens is 1. The molecule has 1 aromatic heterocycles. The molecule has 2 aromatic rings. The molecule has 3 rings (SSSR count). The first kappa shape index (κ1) is 31.9. The van der Waals surface area contributed by atoms with Crippen LogP contribution in [0.4, 0.5) is 13.2 Å². The minimum absolute atomic E-state index is 0.0358. The van der Waals surface area contributed by atoms with Gasteiger partial charge in [-0.15, -0.1) is 0 Å². The van der Waals surface area contributed by atoms with Crippen molar-refractivity contribution < 1.29 is 41.8 Å². The second-order valence-electron chi connectivity index (χ2n) is 10.8. The molecule has 0 aliphatic carbocycles. The van der Waals surface area contributed by atoms with Crippen molar-refractivity contribution in [3.63, 3.8) is 0 Å². The van der Waals surface area contributed by atoms with Crippen LogP contribution in [0.1, 0.15) is 75.0 Å². The number of ether oxygens (including phenoxy) is 3. The van der Waals surface area contributed by atoms with E-state index in [2.05, 4.69) is 24.1 Å². The molecule has 1 fully saturated rings. The van der Waals surface area contributed by atoms with Gasteiger partial charge >= 0.3 is 18.1 Å². The average molecular weight is 579 g/mol. The lowest BCUT2D eigenvalue weighted by atomic mass is 9.76. The summed E-state index contributed by atoms with van der Waals surface area (Å²) in [4.78, 5) is 42.1. The number of nitrogens with zero attached hydrogens (tertiary/aromatic N) is 1. The molecule has 0 radical (unpaired) electrons. The van der Waals surface area contributed by atoms with Gasteiger partial charge in [-0.2, -0.15) is 13.2 Å². The second-order valence-corrected chi connectivity index (χ2v) is 10.8. The van der Waals surface area contributed by atoms with Gasteiger partial charge in [0.05, 0.1) is 12.7 Å². The number of nitrogens with one attached hydrogen (secondary N) is 1. The lowest BCUT2D eigenvalue weighted by Gasteiger charge is -2.32. The van der Waals surface area contributed by atoms with Crippen LogP contribution in [0.5, 0.6) is 11.5 Å². The van der Waals surface area contributed by atoms with Gasteiger partial charge in [-0.3, -0.25) is 9.59 Å². The molecule has 1 aliphatic heterocycles. The van der Waals surface area contributed by atoms with Crippen molar-refractivity contribution in [2.45, 2.75) is 78.1 Å². The van der Waals surface area contributed by atoms with E-state index in [1.807, 2.05) is 6.92 Å². The third-order valence-electron chi connectivity index (χ3n) is 7.24. The smallest absolute Gasteiger partial charge is 0.416 e. The number of esters is 2. The lowest BCUT2D eigenvalue weighted by Crippen LogP contribution is -2.43. The molecular formula is C30H37F3N2O6. The quantitative estimate of drug-likeness (QED) is 0.397. The Morgan fingerprint density at radius 1 is 1.15 bits per heavy atom. The number of methoxy groups -OCH3 is 1. The van der Waals surface area contributed by atoms with E-state index in [-0.39, 0.29) is 35.4 Å². The van der Waals surface area contributed by atoms with E-state index in [4.69, 9.17) is 14.2 Å². The zero-order chi connectivity index (χ0) is 30.3. The van der Waals surface area contributed by atoms with Crippen molar-refractivity contribution in [2.75, 3.05) is 7.11 Å². The van der Waals surface area contributed by atoms with Crippen molar-refractivity contribution in [3.05, 3.63) is 53.3 Å². The highest BCUT2D eigenvalue weighted by atomic mass is 19.4. The summed E-state index contributed by atoms with van der Waals surface area (Å²) in [6, 6.07) is 5.65. The Balaban J connectivity index is 1.82. The Kier molecular flexibility index (Phi) is 10.8. The van der Waals surface area contributed by atoms with Crippen LogP contribution >= 0.6 is 0 Å². The van der Waals surface area contributed by atoms with Crippen molar-refractivity contribution in [1.29, 1.82) is 0 Å². The van der Waals surface area contributed by atoms with Gasteiger partial charge in [-0.05, 0) is 68.1 Å². The highest BCUT2D eigenvalue weighted by Gasteiger charge is 2.36. The first-order valence-corrected chi connectivity index (χ1v) is 13.7. The van der Waals surface area contributed by atoms with Gasteiger partial charge < -0.3 is 19.5 Å². The number of pyridine rings is 1. The molecule has 2 heterocycles. The summed E-state index contributed by atoms with van der Waals surface area (Å²) < 4.78 is 55.4. The van der Waals surface area contributed by atoms with Gasteiger partial charge in [0.1, 0.15) is 12.1 Å². The highest BCUT2D eigenvalue weighted by Crippen LogP contribution is 2.35. The van der Waals surface area contributed by atoms with Crippen LogP contribution in [0.25, 0.3) is 0 Å². The van der Waals surface area contributed by atoms with Gasteiger partial charge in [-0.25, -0.2) is 9.78 Å². The van der Waals surface area contributed by atoms with Gasteiger partial charge in [-0.1, -0.05) is 32.4 Å². The monoisotopic (exact) mass is 578 g/mol. The number of amides is 1. The normalized spacial score (nSPS) is 21.7. The van der Waals surface area contributed by atoms with Gasteiger partial charge in [0, 0.05) is 19.2 Å². The number of cyclic esters (lactones) is 1. The zero-order valence-electron chi connectivity index (χ0n) is 23.9. The second kappa shape index (κ2) is 13.8. The topological polar surface area (TPSA) is 104 Å². The summed E-state index contributed by atoms with van der Waals surface area (Å²) in [5, 5.41) is 2.68. The first-order valence-electron chi connectivity index (χ1n) is 13.7. The molecule has 1 saturated heterocycles. The maximum Gasteiger partial charge on any atom is 0.416 e. The Hall–Kier alpha value is -3.63. The van der Waals surface area contributed by atoms with Crippen molar-refractivity contribution in [1.82, 2.24) is 10.3 Å². The SMILES string of the molecule is COc1ccnc(C(=O)NC2CCCC(Cc3ccc(C(F)(F)F)cc3)C(CC(C)C)C(C)OC2=O)c1OC(C)=O. The summed E-state index contributed by atoms with van der Waals surface area (Å²) in [7, 11) is 1.36. The van der Waals surface area contributed by atoms with Crippen LogP contribution in [0, 0.1) is 17.8 Å².